The number of pyridine rings is 1. The molecule has 188 valence electrons. The summed E-state index contributed by atoms with van der Waals surface area (Å²) < 4.78 is 6.69. The van der Waals surface area contributed by atoms with Crippen LogP contribution in [0.2, 0.25) is 5.02 Å². The molecule has 0 aliphatic carbocycles. The molecule has 1 saturated heterocycles. The molecule has 1 aliphatic heterocycles. The van der Waals surface area contributed by atoms with Gasteiger partial charge in [-0.2, -0.15) is 0 Å². The van der Waals surface area contributed by atoms with Gasteiger partial charge in [0.2, 0.25) is 0 Å². The minimum absolute atomic E-state index is 0. The molecule has 0 atom stereocenters. The van der Waals surface area contributed by atoms with Gasteiger partial charge in [0.25, 0.3) is 11.5 Å². The van der Waals surface area contributed by atoms with E-state index in [1.807, 2.05) is 29.2 Å². The number of carbonyl (C=O) groups is 2. The number of hydrogen-bond acceptors (Lipinski definition) is 6. The van der Waals surface area contributed by atoms with Crippen LogP contribution in [0.5, 0.6) is 0 Å². The molecule has 1 fully saturated rings. The third-order valence-corrected chi connectivity index (χ3v) is 5.98. The van der Waals surface area contributed by atoms with Gasteiger partial charge in [-0.15, -0.1) is 11.6 Å². The number of carbonyl (C=O) groups excluding carboxylic acids is 2. The van der Waals surface area contributed by atoms with Crippen LogP contribution in [0.3, 0.4) is 0 Å². The Balaban J connectivity index is 0.00000140. The fourth-order valence-corrected chi connectivity index (χ4v) is 4.23. The molecule has 4 rings (SSSR count). The number of hydrogen-bond donors (Lipinski definition) is 1. The van der Waals surface area contributed by atoms with Gasteiger partial charge >= 0.3 is 5.97 Å². The molecule has 0 bridgehead atoms. The molecule has 0 saturated carbocycles. The maximum Gasteiger partial charge on any atom is 0.345 e. The van der Waals surface area contributed by atoms with Crippen molar-refractivity contribution in [3.8, 4) is 0 Å². The number of nitrogens with zero attached hydrogens (tertiary/aromatic N) is 3. The van der Waals surface area contributed by atoms with Crippen molar-refractivity contribution in [1.29, 1.82) is 0 Å². The van der Waals surface area contributed by atoms with Crippen LogP contribution in [0.1, 0.15) is 27.6 Å². The van der Waals surface area contributed by atoms with E-state index in [0.29, 0.717) is 42.5 Å². The Labute approximate surface area is 214 Å². The highest BCUT2D eigenvalue weighted by atomic mass is 35.5. The minimum atomic E-state index is -0.631. The molecule has 1 aromatic heterocycles. The smallest absolute Gasteiger partial charge is 0.345 e. The summed E-state index contributed by atoms with van der Waals surface area (Å²) in [6, 6.07) is 14.3. The van der Waals surface area contributed by atoms with Crippen molar-refractivity contribution >= 4 is 51.7 Å². The van der Waals surface area contributed by atoms with Crippen LogP contribution in [0.4, 0.5) is 5.69 Å². The molecule has 3 N–H and O–H groups in total. The number of fused-ring (bicyclic) bond motifs is 1. The average molecular weight is 521 g/mol. The van der Waals surface area contributed by atoms with Crippen LogP contribution in [0, 0.1) is 0 Å². The Morgan fingerprint density at radius 2 is 1.57 bits per heavy atom. The van der Waals surface area contributed by atoms with Gasteiger partial charge in [0, 0.05) is 55.6 Å². The number of benzene rings is 2. The molecule has 2 heterocycles. The van der Waals surface area contributed by atoms with E-state index in [4.69, 9.17) is 16.3 Å². The van der Waals surface area contributed by atoms with Gasteiger partial charge in [-0.1, -0.05) is 29.8 Å². The number of esters is 1. The van der Waals surface area contributed by atoms with E-state index in [2.05, 4.69) is 11.6 Å². The van der Waals surface area contributed by atoms with Crippen LogP contribution in [-0.4, -0.2) is 60.5 Å². The van der Waals surface area contributed by atoms with Crippen LogP contribution in [0.25, 0.3) is 10.9 Å². The maximum absolute atomic E-state index is 13.1. The standard InChI is InChI=1S/C24H24ClN3O4.CH3Cl.H3N/c1-3-32-24(31)20-21(18-6-4-5-7-19(18)26(2)23(20)30)27-12-14-28(15-13-27)22(29)16-8-10-17(25)11-9-16;1-2;/h4-11H,3,12-15H2,1-2H3;1H3;1H3. The van der Waals surface area contributed by atoms with Crippen LogP contribution in [-0.2, 0) is 11.8 Å². The largest absolute Gasteiger partial charge is 0.462 e. The van der Waals surface area contributed by atoms with E-state index >= 15 is 0 Å². The van der Waals surface area contributed by atoms with Gasteiger partial charge < -0.3 is 25.3 Å². The summed E-state index contributed by atoms with van der Waals surface area (Å²) in [4.78, 5) is 42.5. The number of halogens is 2. The van der Waals surface area contributed by atoms with Gasteiger partial charge in [-0.05, 0) is 37.3 Å². The van der Waals surface area contributed by atoms with Crippen LogP contribution >= 0.6 is 23.2 Å². The molecule has 35 heavy (non-hydrogen) atoms. The number of aryl methyl sites for hydroxylation is 1. The Morgan fingerprint density at radius 1 is 0.971 bits per heavy atom. The third-order valence-electron chi connectivity index (χ3n) is 5.73. The lowest BCUT2D eigenvalue weighted by molar-refractivity contribution is 0.0523. The number of alkyl halides is 1. The molecule has 3 aromatic rings. The summed E-state index contributed by atoms with van der Waals surface area (Å²) in [7, 11) is 1.65. The van der Waals surface area contributed by atoms with Gasteiger partial charge in [0.15, 0.2) is 0 Å². The Bertz CT molecular complexity index is 1240. The topological polar surface area (TPSA) is 107 Å². The molecule has 1 amide bonds. The second-order valence-corrected chi connectivity index (χ2v) is 8.05. The van der Waals surface area contributed by atoms with E-state index in [0.717, 1.165) is 10.9 Å². The number of ether oxygens (including phenoxy) is 1. The first-order valence-corrected chi connectivity index (χ1v) is 12.0. The van der Waals surface area contributed by atoms with Gasteiger partial charge in [0.05, 0.1) is 17.8 Å². The summed E-state index contributed by atoms with van der Waals surface area (Å²) >= 11 is 10.6. The molecular formula is C25H30Cl2N4O4. The molecule has 10 heteroatoms. The lowest BCUT2D eigenvalue weighted by Crippen LogP contribution is -2.49. The maximum atomic E-state index is 13.1. The number of amides is 1. The minimum Gasteiger partial charge on any atom is -0.462 e. The third kappa shape index (κ3) is 5.78. The lowest BCUT2D eigenvalue weighted by Gasteiger charge is -2.37. The number of rotatable bonds is 4. The van der Waals surface area contributed by atoms with Crippen molar-refractivity contribution in [1.82, 2.24) is 15.6 Å². The van der Waals surface area contributed by atoms with Gasteiger partial charge in [-0.25, -0.2) is 4.79 Å². The van der Waals surface area contributed by atoms with Crippen LogP contribution < -0.4 is 16.6 Å². The van der Waals surface area contributed by atoms with Crippen molar-refractivity contribution in [3.05, 3.63) is 75.0 Å². The summed E-state index contributed by atoms with van der Waals surface area (Å²) in [6.45, 7) is 3.80. The Hall–Kier alpha value is -3.07. The van der Waals surface area contributed by atoms with Crippen molar-refractivity contribution in [2.75, 3.05) is 44.1 Å². The first kappa shape index (κ1) is 28.2. The summed E-state index contributed by atoms with van der Waals surface area (Å²) in [5.74, 6) is -0.700. The molecule has 1 aliphatic rings. The molecule has 0 radical (unpaired) electrons. The summed E-state index contributed by atoms with van der Waals surface area (Å²) in [6.07, 6.45) is 1.47. The van der Waals surface area contributed by atoms with Crippen LogP contribution in [0.15, 0.2) is 53.3 Å². The average Bonchev–Trinajstić information content (AvgIpc) is 2.87. The summed E-state index contributed by atoms with van der Waals surface area (Å²) in [5.41, 5.74) is 1.53. The number of piperazine rings is 1. The highest BCUT2D eigenvalue weighted by Gasteiger charge is 2.29. The zero-order valence-corrected chi connectivity index (χ0v) is 21.6. The highest BCUT2D eigenvalue weighted by Crippen LogP contribution is 2.30. The van der Waals surface area contributed by atoms with Gasteiger partial charge in [0.1, 0.15) is 5.56 Å². The van der Waals surface area contributed by atoms with E-state index < -0.39 is 11.5 Å². The fraction of sp³-hybridized carbons (Fsp3) is 0.320. The quantitative estimate of drug-likeness (QED) is 0.404. The predicted octanol–water partition coefficient (Wildman–Crippen LogP) is 4.35. The molecule has 8 nitrogen and oxygen atoms in total. The van der Waals surface area contributed by atoms with Crippen molar-refractivity contribution in [3.63, 3.8) is 0 Å². The van der Waals surface area contributed by atoms with Gasteiger partial charge in [-0.3, -0.25) is 9.59 Å². The lowest BCUT2D eigenvalue weighted by atomic mass is 10.1. The second-order valence-electron chi connectivity index (χ2n) is 7.61. The van der Waals surface area contributed by atoms with E-state index in [1.54, 1.807) is 43.1 Å². The van der Waals surface area contributed by atoms with E-state index in [9.17, 15) is 14.4 Å². The first-order valence-electron chi connectivity index (χ1n) is 10.9. The Morgan fingerprint density at radius 3 is 2.17 bits per heavy atom. The molecule has 2 aromatic carbocycles. The Kier molecular flexibility index (Phi) is 10.1. The molecular weight excluding hydrogens is 491 g/mol. The molecule has 0 unspecified atom stereocenters. The molecule has 0 spiro atoms. The van der Waals surface area contributed by atoms with Crippen molar-refractivity contribution in [2.24, 2.45) is 7.05 Å². The number of anilines is 1. The second kappa shape index (κ2) is 12.6. The van der Waals surface area contributed by atoms with Crippen molar-refractivity contribution < 1.29 is 14.3 Å². The fourth-order valence-electron chi connectivity index (χ4n) is 4.10. The van der Waals surface area contributed by atoms with E-state index in [1.165, 1.54) is 11.0 Å². The number of aromatic nitrogens is 1. The number of para-hydroxylation sites is 1. The summed E-state index contributed by atoms with van der Waals surface area (Å²) in [5, 5.41) is 1.38. The predicted molar refractivity (Wildman–Crippen MR) is 142 cm³/mol. The SMILES string of the molecule is CCOC(=O)c1c(N2CCN(C(=O)c3ccc(Cl)cc3)CC2)c2ccccc2n(C)c1=O.CCl.N. The zero-order valence-electron chi connectivity index (χ0n) is 20.1. The van der Waals surface area contributed by atoms with E-state index in [-0.39, 0.29) is 24.2 Å². The first-order chi connectivity index (χ1) is 16.4. The zero-order chi connectivity index (χ0) is 24.8. The monoisotopic (exact) mass is 520 g/mol. The van der Waals surface area contributed by atoms with Crippen molar-refractivity contribution in [2.45, 2.75) is 6.92 Å². The highest BCUT2D eigenvalue weighted by molar-refractivity contribution is 6.30. The normalized spacial score (nSPS) is 12.9.